The largest absolute Gasteiger partial charge is 0.370 e. The number of allylic oxidation sites excluding steroid dienone is 1. The molecule has 3 aromatic rings. The molecule has 0 fully saturated rings. The number of hydrogen-bond donors (Lipinski definition) is 2. The van der Waals surface area contributed by atoms with Gasteiger partial charge >= 0.3 is 0 Å². The minimum absolute atomic E-state index is 0.0649. The van der Waals surface area contributed by atoms with Gasteiger partial charge in [-0.1, -0.05) is 47.5 Å². The molecule has 0 spiro atoms. The van der Waals surface area contributed by atoms with Gasteiger partial charge in [0.15, 0.2) is 5.96 Å². The lowest BCUT2D eigenvalue weighted by molar-refractivity contribution is 0.634. The quantitative estimate of drug-likeness (QED) is 0.490. The summed E-state index contributed by atoms with van der Waals surface area (Å²) < 4.78 is 14.3. The standard InChI is InChI=1S/C19H15Cl2FN4/c1-2-16(26-19(23)24)10-6-7-11-12(8-10)18(25-9-15(11)22)17-13(20)4-3-5-14(17)21/h2-9H,1H3,(H4,23,24,26). The van der Waals surface area contributed by atoms with Crippen LogP contribution in [0.25, 0.3) is 27.7 Å². The van der Waals surface area contributed by atoms with Crippen LogP contribution in [0, 0.1) is 5.82 Å². The summed E-state index contributed by atoms with van der Waals surface area (Å²) in [4.78, 5) is 8.34. The maximum atomic E-state index is 14.3. The van der Waals surface area contributed by atoms with Crippen molar-refractivity contribution in [1.29, 1.82) is 0 Å². The molecule has 7 heteroatoms. The number of guanidine groups is 1. The van der Waals surface area contributed by atoms with Crippen molar-refractivity contribution in [3.8, 4) is 11.3 Å². The van der Waals surface area contributed by atoms with Crippen molar-refractivity contribution in [2.75, 3.05) is 0 Å². The summed E-state index contributed by atoms with van der Waals surface area (Å²) >= 11 is 12.6. The molecule has 0 saturated heterocycles. The van der Waals surface area contributed by atoms with E-state index in [2.05, 4.69) is 9.98 Å². The highest BCUT2D eigenvalue weighted by atomic mass is 35.5. The third-order valence-electron chi connectivity index (χ3n) is 3.86. The minimum Gasteiger partial charge on any atom is -0.370 e. The first-order valence-corrected chi connectivity index (χ1v) is 8.47. The van der Waals surface area contributed by atoms with Crippen LogP contribution >= 0.6 is 23.2 Å². The van der Waals surface area contributed by atoms with E-state index in [0.717, 1.165) is 6.20 Å². The summed E-state index contributed by atoms with van der Waals surface area (Å²) in [7, 11) is 0. The molecule has 4 nitrogen and oxygen atoms in total. The van der Waals surface area contributed by atoms with E-state index in [-0.39, 0.29) is 5.96 Å². The second-order valence-corrected chi connectivity index (χ2v) is 6.34. The number of nitrogens with zero attached hydrogens (tertiary/aromatic N) is 2. The zero-order chi connectivity index (χ0) is 18.8. The Balaban J connectivity index is 2.34. The predicted octanol–water partition coefficient (Wildman–Crippen LogP) is 4.98. The van der Waals surface area contributed by atoms with Crippen LogP contribution in [-0.2, 0) is 0 Å². The Morgan fingerprint density at radius 1 is 1.12 bits per heavy atom. The van der Waals surface area contributed by atoms with Gasteiger partial charge in [0.2, 0.25) is 0 Å². The lowest BCUT2D eigenvalue weighted by Gasteiger charge is -2.12. The number of nitrogens with two attached hydrogens (primary N) is 2. The summed E-state index contributed by atoms with van der Waals surface area (Å²) in [5, 5.41) is 1.81. The van der Waals surface area contributed by atoms with E-state index in [1.165, 1.54) is 0 Å². The van der Waals surface area contributed by atoms with Crippen LogP contribution in [0.4, 0.5) is 4.39 Å². The highest BCUT2D eigenvalue weighted by molar-refractivity contribution is 6.39. The summed E-state index contributed by atoms with van der Waals surface area (Å²) in [6, 6.07) is 10.3. The summed E-state index contributed by atoms with van der Waals surface area (Å²) in [5.74, 6) is -0.507. The molecule has 0 aliphatic carbocycles. The van der Waals surface area contributed by atoms with Crippen molar-refractivity contribution < 1.29 is 4.39 Å². The van der Waals surface area contributed by atoms with Gasteiger partial charge in [-0.2, -0.15) is 0 Å². The van der Waals surface area contributed by atoms with Gasteiger partial charge in [0.25, 0.3) is 0 Å². The van der Waals surface area contributed by atoms with Gasteiger partial charge in [-0.15, -0.1) is 0 Å². The van der Waals surface area contributed by atoms with E-state index >= 15 is 0 Å². The average Bonchev–Trinajstić information content (AvgIpc) is 2.61. The van der Waals surface area contributed by atoms with Crippen LogP contribution in [-0.4, -0.2) is 10.9 Å². The molecule has 0 aliphatic rings. The van der Waals surface area contributed by atoms with E-state index in [9.17, 15) is 4.39 Å². The fourth-order valence-corrected chi connectivity index (χ4v) is 3.30. The van der Waals surface area contributed by atoms with E-state index in [0.29, 0.717) is 43.3 Å². The summed E-state index contributed by atoms with van der Waals surface area (Å²) in [6.45, 7) is 1.81. The number of hydrogen-bond acceptors (Lipinski definition) is 2. The number of halogens is 3. The lowest BCUT2D eigenvalue weighted by atomic mass is 10.00. The van der Waals surface area contributed by atoms with Crippen molar-refractivity contribution in [3.05, 3.63) is 70.1 Å². The monoisotopic (exact) mass is 388 g/mol. The van der Waals surface area contributed by atoms with Crippen LogP contribution in [0.2, 0.25) is 10.0 Å². The van der Waals surface area contributed by atoms with Crippen LogP contribution in [0.15, 0.2) is 53.7 Å². The first-order chi connectivity index (χ1) is 12.4. The summed E-state index contributed by atoms with van der Waals surface area (Å²) in [6.07, 6.45) is 2.92. The highest BCUT2D eigenvalue weighted by Crippen LogP contribution is 2.38. The van der Waals surface area contributed by atoms with Gasteiger partial charge < -0.3 is 11.5 Å². The molecule has 0 saturated carbocycles. The number of pyridine rings is 1. The van der Waals surface area contributed by atoms with E-state index in [1.807, 2.05) is 6.92 Å². The van der Waals surface area contributed by atoms with Crippen molar-refractivity contribution in [2.45, 2.75) is 6.92 Å². The van der Waals surface area contributed by atoms with E-state index in [1.54, 1.807) is 42.5 Å². The van der Waals surface area contributed by atoms with Gasteiger partial charge in [0, 0.05) is 21.9 Å². The number of rotatable bonds is 3. The Morgan fingerprint density at radius 2 is 1.81 bits per heavy atom. The highest BCUT2D eigenvalue weighted by Gasteiger charge is 2.16. The van der Waals surface area contributed by atoms with Gasteiger partial charge in [-0.05, 0) is 25.1 Å². The minimum atomic E-state index is -0.442. The van der Waals surface area contributed by atoms with Crippen molar-refractivity contribution in [2.24, 2.45) is 16.5 Å². The maximum Gasteiger partial charge on any atom is 0.191 e. The molecule has 26 heavy (non-hydrogen) atoms. The van der Waals surface area contributed by atoms with Crippen molar-refractivity contribution in [1.82, 2.24) is 4.98 Å². The van der Waals surface area contributed by atoms with Crippen LogP contribution in [0.5, 0.6) is 0 Å². The Bertz CT molecular complexity index is 1040. The SMILES string of the molecule is CC=C(N=C(N)N)c1ccc2c(F)cnc(-c3c(Cl)cccc3Cl)c2c1. The third-order valence-corrected chi connectivity index (χ3v) is 4.49. The van der Waals surface area contributed by atoms with E-state index < -0.39 is 5.82 Å². The van der Waals surface area contributed by atoms with Gasteiger partial charge in [0.1, 0.15) is 5.82 Å². The molecule has 0 unspecified atom stereocenters. The number of aliphatic imine (C=N–C) groups is 1. The van der Waals surface area contributed by atoms with Crippen LogP contribution in [0.3, 0.4) is 0 Å². The maximum absolute atomic E-state index is 14.3. The Hall–Kier alpha value is -2.63. The molecule has 0 bridgehead atoms. The first kappa shape index (κ1) is 18.2. The fourth-order valence-electron chi connectivity index (χ4n) is 2.73. The molecule has 132 valence electrons. The molecule has 0 radical (unpaired) electrons. The molecular weight excluding hydrogens is 374 g/mol. The van der Waals surface area contributed by atoms with Gasteiger partial charge in [-0.3, -0.25) is 4.98 Å². The summed E-state index contributed by atoms with van der Waals surface area (Å²) in [5.41, 5.74) is 13.3. The molecule has 1 heterocycles. The Kier molecular flexibility index (Phi) is 5.11. The lowest BCUT2D eigenvalue weighted by Crippen LogP contribution is -2.22. The number of benzene rings is 2. The molecular formula is C19H15Cl2FN4. The topological polar surface area (TPSA) is 77.3 Å². The average molecular weight is 389 g/mol. The fraction of sp³-hybridized carbons (Fsp3) is 0.0526. The Labute approximate surface area is 160 Å². The second kappa shape index (κ2) is 7.32. The first-order valence-electron chi connectivity index (χ1n) is 7.71. The molecule has 0 aliphatic heterocycles. The zero-order valence-corrected chi connectivity index (χ0v) is 15.3. The van der Waals surface area contributed by atoms with Crippen molar-refractivity contribution in [3.63, 3.8) is 0 Å². The normalized spacial score (nSPS) is 11.6. The van der Waals surface area contributed by atoms with Gasteiger partial charge in [0.05, 0.1) is 27.6 Å². The van der Waals surface area contributed by atoms with E-state index in [4.69, 9.17) is 34.7 Å². The zero-order valence-electron chi connectivity index (χ0n) is 13.8. The second-order valence-electron chi connectivity index (χ2n) is 5.52. The number of fused-ring (bicyclic) bond motifs is 1. The number of aromatic nitrogens is 1. The molecule has 1 aromatic heterocycles. The molecule has 3 rings (SSSR count). The predicted molar refractivity (Wildman–Crippen MR) is 107 cm³/mol. The molecule has 4 N–H and O–H groups in total. The Morgan fingerprint density at radius 3 is 2.42 bits per heavy atom. The molecule has 0 amide bonds. The third kappa shape index (κ3) is 3.36. The molecule has 2 aromatic carbocycles. The van der Waals surface area contributed by atoms with Crippen LogP contribution in [0.1, 0.15) is 12.5 Å². The smallest absolute Gasteiger partial charge is 0.191 e. The molecule has 0 atom stereocenters. The van der Waals surface area contributed by atoms with Crippen LogP contribution < -0.4 is 11.5 Å². The van der Waals surface area contributed by atoms with Crippen molar-refractivity contribution >= 4 is 45.6 Å². The van der Waals surface area contributed by atoms with Gasteiger partial charge in [-0.25, -0.2) is 9.38 Å².